The third-order valence-electron chi connectivity index (χ3n) is 3.22. The van der Waals surface area contributed by atoms with Crippen LogP contribution in [0.4, 0.5) is 4.79 Å². The Morgan fingerprint density at radius 1 is 1.11 bits per heavy atom. The zero-order chi connectivity index (χ0) is 13.4. The van der Waals surface area contributed by atoms with E-state index in [9.17, 15) is 9.59 Å². The van der Waals surface area contributed by atoms with E-state index in [2.05, 4.69) is 0 Å². The number of carboxylic acid groups (broad SMARTS) is 1. The quantitative estimate of drug-likeness (QED) is 0.838. The lowest BCUT2D eigenvalue weighted by molar-refractivity contribution is -0.137. The van der Waals surface area contributed by atoms with Gasteiger partial charge >= 0.3 is 12.0 Å². The molecule has 1 fully saturated rings. The molecule has 104 valence electrons. The molecule has 0 atom stereocenters. The zero-order valence-corrected chi connectivity index (χ0v) is 11.2. The maximum Gasteiger partial charge on any atom is 0.323 e. The first-order valence-electron chi connectivity index (χ1n) is 6.90. The monoisotopic (exact) mass is 256 g/mol. The summed E-state index contributed by atoms with van der Waals surface area (Å²) in [7, 11) is 0. The lowest BCUT2D eigenvalue weighted by Gasteiger charge is -2.30. The first-order chi connectivity index (χ1) is 8.65. The van der Waals surface area contributed by atoms with Crippen molar-refractivity contribution in [2.75, 3.05) is 26.2 Å². The Kier molecular flexibility index (Phi) is 6.54. The highest BCUT2D eigenvalue weighted by Crippen LogP contribution is 2.12. The Bertz CT molecular complexity index is 273. The molecular formula is C13H24N2O3. The van der Waals surface area contributed by atoms with Gasteiger partial charge in [-0.2, -0.15) is 0 Å². The Hall–Kier alpha value is -1.26. The van der Waals surface area contributed by atoms with Crippen molar-refractivity contribution in [3.63, 3.8) is 0 Å². The topological polar surface area (TPSA) is 60.9 Å². The van der Waals surface area contributed by atoms with Crippen LogP contribution in [-0.2, 0) is 4.79 Å². The summed E-state index contributed by atoms with van der Waals surface area (Å²) in [6, 6.07) is -0.110. The number of carboxylic acids is 1. The maximum absolute atomic E-state index is 12.3. The molecule has 0 aromatic rings. The average molecular weight is 256 g/mol. The molecule has 5 nitrogen and oxygen atoms in total. The molecule has 0 spiro atoms. The summed E-state index contributed by atoms with van der Waals surface area (Å²) >= 11 is 0. The lowest BCUT2D eigenvalue weighted by atomic mass is 10.1. The summed E-state index contributed by atoms with van der Waals surface area (Å²) in [5.41, 5.74) is 0. The van der Waals surface area contributed by atoms with E-state index in [1.54, 1.807) is 0 Å². The molecular weight excluding hydrogens is 232 g/mol. The molecule has 1 N–H and O–H groups in total. The van der Waals surface area contributed by atoms with E-state index >= 15 is 0 Å². The molecule has 0 bridgehead atoms. The van der Waals surface area contributed by atoms with Crippen molar-refractivity contribution in [2.45, 2.75) is 45.4 Å². The van der Waals surface area contributed by atoms with Gasteiger partial charge < -0.3 is 14.9 Å². The van der Waals surface area contributed by atoms with Crippen LogP contribution in [0.2, 0.25) is 0 Å². The lowest BCUT2D eigenvalue weighted by Crippen LogP contribution is -2.46. The maximum atomic E-state index is 12.3. The number of urea groups is 1. The fraction of sp³-hybridized carbons (Fsp3) is 0.846. The third kappa shape index (κ3) is 4.94. The van der Waals surface area contributed by atoms with Gasteiger partial charge in [0.15, 0.2) is 0 Å². The predicted molar refractivity (Wildman–Crippen MR) is 69.6 cm³/mol. The van der Waals surface area contributed by atoms with E-state index in [1.165, 1.54) is 11.3 Å². The predicted octanol–water partition coefficient (Wildman–Crippen LogP) is 2.17. The van der Waals surface area contributed by atoms with E-state index < -0.39 is 5.97 Å². The Morgan fingerprint density at radius 2 is 1.67 bits per heavy atom. The molecule has 1 saturated heterocycles. The standard InChI is InChI=1S/C13H24N2O3/c1-2-8-15(11-12(16)17)13(18)14-9-6-4-3-5-7-10-14/h2-11H2,1H3,(H,16,17). The van der Waals surface area contributed by atoms with Crippen LogP contribution in [-0.4, -0.2) is 53.1 Å². The summed E-state index contributed by atoms with van der Waals surface area (Å²) < 4.78 is 0. The molecule has 0 saturated carbocycles. The van der Waals surface area contributed by atoms with E-state index in [0.717, 1.165) is 45.2 Å². The van der Waals surface area contributed by atoms with Crippen molar-refractivity contribution in [3.8, 4) is 0 Å². The van der Waals surface area contributed by atoms with Crippen LogP contribution in [0.5, 0.6) is 0 Å². The number of rotatable bonds is 4. The Labute approximate surface area is 109 Å². The van der Waals surface area contributed by atoms with Crippen molar-refractivity contribution in [1.29, 1.82) is 0 Å². The molecule has 0 aromatic heterocycles. The van der Waals surface area contributed by atoms with Crippen molar-refractivity contribution in [3.05, 3.63) is 0 Å². The number of aliphatic carboxylic acids is 1. The molecule has 0 aromatic carbocycles. The number of carbonyl (C=O) groups excluding carboxylic acids is 1. The van der Waals surface area contributed by atoms with Gasteiger partial charge in [-0.05, 0) is 19.3 Å². The summed E-state index contributed by atoms with van der Waals surface area (Å²) in [5.74, 6) is -0.941. The smallest absolute Gasteiger partial charge is 0.323 e. The summed E-state index contributed by atoms with van der Waals surface area (Å²) in [5, 5.41) is 8.85. The van der Waals surface area contributed by atoms with Gasteiger partial charge in [0.05, 0.1) is 0 Å². The molecule has 5 heteroatoms. The zero-order valence-electron chi connectivity index (χ0n) is 11.2. The highest BCUT2D eigenvalue weighted by Gasteiger charge is 2.22. The second-order valence-electron chi connectivity index (χ2n) is 4.85. The third-order valence-corrected chi connectivity index (χ3v) is 3.22. The molecule has 1 heterocycles. The second-order valence-corrected chi connectivity index (χ2v) is 4.85. The number of nitrogens with zero attached hydrogens (tertiary/aromatic N) is 2. The van der Waals surface area contributed by atoms with Gasteiger partial charge in [0.1, 0.15) is 6.54 Å². The van der Waals surface area contributed by atoms with Crippen LogP contribution in [0.25, 0.3) is 0 Å². The number of carbonyl (C=O) groups is 2. The molecule has 0 aliphatic carbocycles. The Balaban J connectivity index is 2.58. The second kappa shape index (κ2) is 7.95. The molecule has 0 unspecified atom stereocenters. The van der Waals surface area contributed by atoms with Crippen LogP contribution < -0.4 is 0 Å². The Morgan fingerprint density at radius 3 is 2.17 bits per heavy atom. The summed E-state index contributed by atoms with van der Waals surface area (Å²) in [4.78, 5) is 26.3. The number of amides is 2. The van der Waals surface area contributed by atoms with Crippen LogP contribution in [0.15, 0.2) is 0 Å². The number of hydrogen-bond acceptors (Lipinski definition) is 2. The van der Waals surface area contributed by atoms with Crippen LogP contribution in [0.3, 0.4) is 0 Å². The number of likely N-dealkylation sites (tertiary alicyclic amines) is 1. The molecule has 1 aliphatic heterocycles. The van der Waals surface area contributed by atoms with Gasteiger partial charge in [-0.1, -0.05) is 26.2 Å². The fourth-order valence-electron chi connectivity index (χ4n) is 2.31. The van der Waals surface area contributed by atoms with Crippen molar-refractivity contribution in [2.24, 2.45) is 0 Å². The van der Waals surface area contributed by atoms with E-state index in [4.69, 9.17) is 5.11 Å². The minimum Gasteiger partial charge on any atom is -0.480 e. The van der Waals surface area contributed by atoms with E-state index in [1.807, 2.05) is 11.8 Å². The first kappa shape index (κ1) is 14.8. The first-order valence-corrected chi connectivity index (χ1v) is 6.90. The SMILES string of the molecule is CCCN(CC(=O)O)C(=O)N1CCCCCCC1. The van der Waals surface area contributed by atoms with Crippen molar-refractivity contribution < 1.29 is 14.7 Å². The summed E-state index contributed by atoms with van der Waals surface area (Å²) in [6.07, 6.45) is 6.41. The molecule has 0 radical (unpaired) electrons. The van der Waals surface area contributed by atoms with Crippen LogP contribution >= 0.6 is 0 Å². The normalized spacial score (nSPS) is 16.8. The van der Waals surface area contributed by atoms with Gasteiger partial charge in [-0.25, -0.2) is 4.79 Å². The molecule has 1 aliphatic rings. The van der Waals surface area contributed by atoms with Crippen molar-refractivity contribution >= 4 is 12.0 Å². The minimum absolute atomic E-state index is 0.110. The largest absolute Gasteiger partial charge is 0.480 e. The highest BCUT2D eigenvalue weighted by atomic mass is 16.4. The van der Waals surface area contributed by atoms with Gasteiger partial charge in [-0.15, -0.1) is 0 Å². The molecule has 18 heavy (non-hydrogen) atoms. The van der Waals surface area contributed by atoms with E-state index in [0.29, 0.717) is 6.54 Å². The number of hydrogen-bond donors (Lipinski definition) is 1. The average Bonchev–Trinajstić information content (AvgIpc) is 2.26. The van der Waals surface area contributed by atoms with Gasteiger partial charge in [0.2, 0.25) is 0 Å². The highest BCUT2D eigenvalue weighted by molar-refractivity contribution is 5.80. The summed E-state index contributed by atoms with van der Waals surface area (Å²) in [6.45, 7) is 3.80. The van der Waals surface area contributed by atoms with Gasteiger partial charge in [0, 0.05) is 19.6 Å². The van der Waals surface area contributed by atoms with Gasteiger partial charge in [-0.3, -0.25) is 4.79 Å². The molecule has 2 amide bonds. The van der Waals surface area contributed by atoms with E-state index in [-0.39, 0.29) is 12.6 Å². The van der Waals surface area contributed by atoms with Crippen molar-refractivity contribution in [1.82, 2.24) is 9.80 Å². The van der Waals surface area contributed by atoms with Crippen LogP contribution in [0, 0.1) is 0 Å². The van der Waals surface area contributed by atoms with Crippen LogP contribution in [0.1, 0.15) is 45.4 Å². The molecule has 1 rings (SSSR count). The van der Waals surface area contributed by atoms with Gasteiger partial charge in [0.25, 0.3) is 0 Å². The fourth-order valence-corrected chi connectivity index (χ4v) is 2.31. The minimum atomic E-state index is -0.941.